The zero-order chi connectivity index (χ0) is 12.3. The summed E-state index contributed by atoms with van der Waals surface area (Å²) >= 11 is 0. The van der Waals surface area contributed by atoms with E-state index >= 15 is 0 Å². The monoisotopic (exact) mass is 235 g/mol. The Kier molecular flexibility index (Phi) is 3.23. The van der Waals surface area contributed by atoms with Gasteiger partial charge in [0, 0.05) is 11.8 Å². The first-order chi connectivity index (χ1) is 8.16. The molecule has 0 amide bonds. The predicted molar refractivity (Wildman–Crippen MR) is 60.0 cm³/mol. The van der Waals surface area contributed by atoms with Crippen LogP contribution in [0, 0.1) is 17.5 Å². The van der Waals surface area contributed by atoms with E-state index in [9.17, 15) is 13.2 Å². The van der Waals surface area contributed by atoms with E-state index in [0.29, 0.717) is 5.69 Å². The Morgan fingerprint density at radius 3 is 2.47 bits per heavy atom. The zero-order valence-corrected chi connectivity index (χ0v) is 8.70. The Labute approximate surface area is 96.2 Å². The first-order valence-electron chi connectivity index (χ1n) is 4.90. The van der Waals surface area contributed by atoms with Crippen LogP contribution in [0.3, 0.4) is 0 Å². The summed E-state index contributed by atoms with van der Waals surface area (Å²) in [6.45, 7) is 0. The molecular formula is C13H8F3N. The van der Waals surface area contributed by atoms with E-state index in [1.807, 2.05) is 0 Å². The maximum absolute atomic E-state index is 13.2. The average Bonchev–Trinajstić information content (AvgIpc) is 2.31. The third-order valence-corrected chi connectivity index (χ3v) is 2.14. The fraction of sp³-hybridized carbons (Fsp3) is 0. The molecule has 0 spiro atoms. The van der Waals surface area contributed by atoms with Gasteiger partial charge in [-0.25, -0.2) is 13.2 Å². The van der Waals surface area contributed by atoms with E-state index in [4.69, 9.17) is 0 Å². The van der Waals surface area contributed by atoms with E-state index in [2.05, 4.69) is 4.99 Å². The van der Waals surface area contributed by atoms with Gasteiger partial charge < -0.3 is 0 Å². The van der Waals surface area contributed by atoms with Gasteiger partial charge in [-0.3, -0.25) is 4.99 Å². The predicted octanol–water partition coefficient (Wildman–Crippen LogP) is 3.85. The van der Waals surface area contributed by atoms with Gasteiger partial charge in [0.05, 0.1) is 5.69 Å². The molecule has 0 heterocycles. The number of hydrogen-bond acceptors (Lipinski definition) is 1. The summed E-state index contributed by atoms with van der Waals surface area (Å²) in [4.78, 5) is 3.87. The van der Waals surface area contributed by atoms with Crippen molar-refractivity contribution in [3.8, 4) is 0 Å². The summed E-state index contributed by atoms with van der Waals surface area (Å²) in [5.41, 5.74) is 0.364. The molecule has 1 nitrogen and oxygen atoms in total. The van der Waals surface area contributed by atoms with Crippen molar-refractivity contribution in [1.82, 2.24) is 0 Å². The third-order valence-electron chi connectivity index (χ3n) is 2.14. The lowest BCUT2D eigenvalue weighted by Crippen LogP contribution is -1.91. The number of benzene rings is 2. The van der Waals surface area contributed by atoms with Crippen LogP contribution in [0.4, 0.5) is 18.9 Å². The molecule has 4 heteroatoms. The molecular weight excluding hydrogens is 227 g/mol. The summed E-state index contributed by atoms with van der Waals surface area (Å²) in [5.74, 6) is -2.33. The highest BCUT2D eigenvalue weighted by molar-refractivity contribution is 5.82. The molecule has 0 saturated heterocycles. The Hall–Kier alpha value is -2.10. The van der Waals surface area contributed by atoms with Gasteiger partial charge >= 0.3 is 0 Å². The third kappa shape index (κ3) is 2.72. The Morgan fingerprint density at radius 1 is 0.941 bits per heavy atom. The lowest BCUT2D eigenvalue weighted by atomic mass is 10.2. The first-order valence-corrected chi connectivity index (χ1v) is 4.90. The van der Waals surface area contributed by atoms with Crippen LogP contribution in [0.25, 0.3) is 0 Å². The molecule has 0 aromatic heterocycles. The van der Waals surface area contributed by atoms with Crippen LogP contribution in [0.1, 0.15) is 5.56 Å². The highest BCUT2D eigenvalue weighted by Crippen LogP contribution is 2.14. The number of rotatable bonds is 2. The normalized spacial score (nSPS) is 11.0. The SMILES string of the molecule is Fc1cccc(N=Cc2cccc(F)c2F)c1. The van der Waals surface area contributed by atoms with E-state index in [0.717, 1.165) is 12.3 Å². The molecule has 0 bridgehead atoms. The second-order valence-corrected chi connectivity index (χ2v) is 3.38. The molecule has 0 aliphatic heterocycles. The van der Waals surface area contributed by atoms with Gasteiger partial charge in [-0.2, -0.15) is 0 Å². The fourth-order valence-electron chi connectivity index (χ4n) is 1.32. The van der Waals surface area contributed by atoms with Crippen molar-refractivity contribution in [2.75, 3.05) is 0 Å². The maximum atomic E-state index is 13.2. The van der Waals surface area contributed by atoms with Gasteiger partial charge in [-0.15, -0.1) is 0 Å². The molecule has 0 unspecified atom stereocenters. The van der Waals surface area contributed by atoms with Crippen LogP contribution < -0.4 is 0 Å². The molecule has 0 atom stereocenters. The minimum atomic E-state index is -0.965. The van der Waals surface area contributed by atoms with E-state index in [1.54, 1.807) is 6.07 Å². The van der Waals surface area contributed by atoms with Gasteiger partial charge in [-0.1, -0.05) is 18.2 Å². The lowest BCUT2D eigenvalue weighted by molar-refractivity contribution is 0.507. The van der Waals surface area contributed by atoms with E-state index < -0.39 is 17.5 Å². The molecule has 0 fully saturated rings. The number of aliphatic imine (C=N–C) groups is 1. The summed E-state index contributed by atoms with van der Waals surface area (Å²) < 4.78 is 38.9. The average molecular weight is 235 g/mol. The minimum absolute atomic E-state index is 0.0225. The van der Waals surface area contributed by atoms with Gasteiger partial charge in [0.15, 0.2) is 11.6 Å². The Balaban J connectivity index is 2.29. The zero-order valence-electron chi connectivity index (χ0n) is 8.70. The molecule has 0 aliphatic rings. The summed E-state index contributed by atoms with van der Waals surface area (Å²) in [7, 11) is 0. The van der Waals surface area contributed by atoms with Gasteiger partial charge in [0.1, 0.15) is 5.82 Å². The molecule has 0 radical (unpaired) electrons. The van der Waals surface area contributed by atoms with Crippen LogP contribution in [-0.4, -0.2) is 6.21 Å². The van der Waals surface area contributed by atoms with Crippen LogP contribution in [-0.2, 0) is 0 Å². The lowest BCUT2D eigenvalue weighted by Gasteiger charge is -1.97. The smallest absolute Gasteiger partial charge is 0.167 e. The molecule has 2 rings (SSSR count). The van der Waals surface area contributed by atoms with Crippen LogP contribution in [0.2, 0.25) is 0 Å². The van der Waals surface area contributed by atoms with Gasteiger partial charge in [-0.05, 0) is 24.3 Å². The highest BCUT2D eigenvalue weighted by atomic mass is 19.2. The first kappa shape index (κ1) is 11.4. The number of hydrogen-bond donors (Lipinski definition) is 0. The van der Waals surface area contributed by atoms with Crippen molar-refractivity contribution in [1.29, 1.82) is 0 Å². The Bertz CT molecular complexity index is 564. The van der Waals surface area contributed by atoms with Crippen molar-refractivity contribution in [3.05, 3.63) is 65.5 Å². The summed E-state index contributed by atoms with van der Waals surface area (Å²) in [6.07, 6.45) is 1.16. The van der Waals surface area contributed by atoms with Gasteiger partial charge in [0.2, 0.25) is 0 Å². The number of nitrogens with zero attached hydrogens (tertiary/aromatic N) is 1. The standard InChI is InChI=1S/C13H8F3N/c14-10-4-2-5-11(7-10)17-8-9-3-1-6-12(15)13(9)16/h1-8H. The highest BCUT2D eigenvalue weighted by Gasteiger charge is 2.04. The van der Waals surface area contributed by atoms with Crippen molar-refractivity contribution in [2.45, 2.75) is 0 Å². The van der Waals surface area contributed by atoms with Crippen molar-refractivity contribution >= 4 is 11.9 Å². The Morgan fingerprint density at radius 2 is 1.71 bits per heavy atom. The minimum Gasteiger partial charge on any atom is -0.256 e. The van der Waals surface area contributed by atoms with Crippen molar-refractivity contribution in [3.63, 3.8) is 0 Å². The fourth-order valence-corrected chi connectivity index (χ4v) is 1.32. The number of halogens is 3. The molecule has 17 heavy (non-hydrogen) atoms. The second kappa shape index (κ2) is 4.82. The summed E-state index contributed by atoms with van der Waals surface area (Å²) in [5, 5.41) is 0. The molecule has 0 saturated carbocycles. The maximum Gasteiger partial charge on any atom is 0.167 e. The quantitative estimate of drug-likeness (QED) is 0.701. The second-order valence-electron chi connectivity index (χ2n) is 3.38. The van der Waals surface area contributed by atoms with Crippen LogP contribution in [0.5, 0.6) is 0 Å². The largest absolute Gasteiger partial charge is 0.256 e. The van der Waals surface area contributed by atoms with Crippen molar-refractivity contribution < 1.29 is 13.2 Å². The van der Waals surface area contributed by atoms with Gasteiger partial charge in [0.25, 0.3) is 0 Å². The molecule has 0 N–H and O–H groups in total. The van der Waals surface area contributed by atoms with E-state index in [1.165, 1.54) is 30.3 Å². The van der Waals surface area contributed by atoms with E-state index in [-0.39, 0.29) is 5.56 Å². The molecule has 0 aliphatic carbocycles. The molecule has 86 valence electrons. The van der Waals surface area contributed by atoms with Crippen molar-refractivity contribution in [2.24, 2.45) is 4.99 Å². The van der Waals surface area contributed by atoms with Crippen LogP contribution in [0.15, 0.2) is 47.5 Å². The van der Waals surface area contributed by atoms with Crippen LogP contribution >= 0.6 is 0 Å². The summed E-state index contributed by atoms with van der Waals surface area (Å²) in [6, 6.07) is 9.33. The topological polar surface area (TPSA) is 12.4 Å². The molecule has 2 aromatic rings. The molecule has 2 aromatic carbocycles.